The molecule has 0 N–H and O–H groups in total. The van der Waals surface area contributed by atoms with Gasteiger partial charge < -0.3 is 14.2 Å². The van der Waals surface area contributed by atoms with Crippen molar-refractivity contribution < 1.29 is 23.8 Å². The maximum Gasteiger partial charge on any atom is 0.305 e. The fraction of sp³-hybridized carbons (Fsp3) is 0.913. The fourth-order valence-electron chi connectivity index (χ4n) is 3.44. The maximum absolute atomic E-state index is 11.7. The van der Waals surface area contributed by atoms with Crippen LogP contribution in [-0.2, 0) is 23.8 Å². The van der Waals surface area contributed by atoms with Gasteiger partial charge in [0.1, 0.15) is 6.61 Å². The highest BCUT2D eigenvalue weighted by Gasteiger charge is 2.17. The van der Waals surface area contributed by atoms with Crippen LogP contribution in [0.1, 0.15) is 110 Å². The first kappa shape index (κ1) is 24.9. The maximum atomic E-state index is 11.7. The topological polar surface area (TPSA) is 61.8 Å². The molecule has 0 aliphatic carbocycles. The molecule has 1 aliphatic heterocycles. The van der Waals surface area contributed by atoms with Gasteiger partial charge in [0.25, 0.3) is 0 Å². The van der Waals surface area contributed by atoms with Crippen LogP contribution in [0, 0.1) is 0 Å². The zero-order valence-electron chi connectivity index (χ0n) is 18.1. The highest BCUT2D eigenvalue weighted by atomic mass is 16.6. The lowest BCUT2D eigenvalue weighted by molar-refractivity contribution is -0.147. The molecule has 1 unspecified atom stereocenters. The number of esters is 2. The lowest BCUT2D eigenvalue weighted by Gasteiger charge is -2.10. The van der Waals surface area contributed by atoms with Gasteiger partial charge in [-0.1, -0.05) is 71.1 Å². The van der Waals surface area contributed by atoms with Crippen molar-refractivity contribution in [3.8, 4) is 0 Å². The summed E-state index contributed by atoms with van der Waals surface area (Å²) >= 11 is 0. The van der Waals surface area contributed by atoms with Crippen LogP contribution in [0.3, 0.4) is 0 Å². The zero-order chi connectivity index (χ0) is 20.3. The van der Waals surface area contributed by atoms with Gasteiger partial charge in [0.2, 0.25) is 0 Å². The third kappa shape index (κ3) is 14.9. The van der Waals surface area contributed by atoms with E-state index in [2.05, 4.69) is 6.92 Å². The minimum Gasteiger partial charge on any atom is -0.466 e. The Bertz CT molecular complexity index is 390. The summed E-state index contributed by atoms with van der Waals surface area (Å²) in [7, 11) is 0. The predicted octanol–water partition coefficient (Wildman–Crippen LogP) is 5.73. The van der Waals surface area contributed by atoms with Gasteiger partial charge in [0, 0.05) is 19.4 Å². The second-order valence-electron chi connectivity index (χ2n) is 7.93. The number of hydrogen-bond acceptors (Lipinski definition) is 5. The van der Waals surface area contributed by atoms with E-state index in [9.17, 15) is 9.59 Å². The highest BCUT2D eigenvalue weighted by Crippen LogP contribution is 2.13. The molecule has 0 amide bonds. The molecule has 1 fully saturated rings. The lowest BCUT2D eigenvalue weighted by Crippen LogP contribution is -2.17. The van der Waals surface area contributed by atoms with Crippen molar-refractivity contribution in [3.63, 3.8) is 0 Å². The van der Waals surface area contributed by atoms with Crippen LogP contribution in [0.25, 0.3) is 0 Å². The summed E-state index contributed by atoms with van der Waals surface area (Å²) in [5.74, 6) is -0.465. The first-order valence-corrected chi connectivity index (χ1v) is 11.6. The molecule has 0 aromatic carbocycles. The minimum absolute atomic E-state index is 0.0553. The van der Waals surface area contributed by atoms with E-state index in [-0.39, 0.29) is 30.9 Å². The Morgan fingerprint density at radius 1 is 0.786 bits per heavy atom. The fourth-order valence-corrected chi connectivity index (χ4v) is 3.44. The van der Waals surface area contributed by atoms with Gasteiger partial charge in [0.05, 0.1) is 12.7 Å². The Labute approximate surface area is 171 Å². The number of carbonyl (C=O) groups is 2. The van der Waals surface area contributed by atoms with Crippen molar-refractivity contribution in [1.29, 1.82) is 0 Å². The van der Waals surface area contributed by atoms with E-state index < -0.39 is 0 Å². The Balaban J connectivity index is 1.79. The molecule has 1 aliphatic rings. The average Bonchev–Trinajstić information content (AvgIpc) is 3.21. The first-order chi connectivity index (χ1) is 13.7. The monoisotopic (exact) mass is 398 g/mol. The van der Waals surface area contributed by atoms with E-state index in [0.717, 1.165) is 32.3 Å². The van der Waals surface area contributed by atoms with Crippen molar-refractivity contribution >= 4 is 11.9 Å². The molecule has 1 rings (SSSR count). The summed E-state index contributed by atoms with van der Waals surface area (Å²) in [6, 6.07) is 0. The van der Waals surface area contributed by atoms with E-state index in [0.29, 0.717) is 19.6 Å². The van der Waals surface area contributed by atoms with Gasteiger partial charge in [0.15, 0.2) is 0 Å². The van der Waals surface area contributed by atoms with Crippen molar-refractivity contribution in [2.45, 2.75) is 116 Å². The number of carbonyl (C=O) groups excluding carboxylic acids is 2. The van der Waals surface area contributed by atoms with Crippen LogP contribution >= 0.6 is 0 Å². The predicted molar refractivity (Wildman–Crippen MR) is 111 cm³/mol. The third-order valence-corrected chi connectivity index (χ3v) is 5.23. The second kappa shape index (κ2) is 18.0. The van der Waals surface area contributed by atoms with Gasteiger partial charge in [-0.25, -0.2) is 0 Å². The van der Waals surface area contributed by atoms with Crippen molar-refractivity contribution in [2.75, 3.05) is 19.8 Å². The van der Waals surface area contributed by atoms with Crippen molar-refractivity contribution in [1.82, 2.24) is 0 Å². The molecule has 0 aromatic heterocycles. The van der Waals surface area contributed by atoms with E-state index in [4.69, 9.17) is 14.2 Å². The summed E-state index contributed by atoms with van der Waals surface area (Å²) in [6.07, 6.45) is 17.2. The van der Waals surface area contributed by atoms with E-state index in [1.165, 1.54) is 57.8 Å². The number of unbranched alkanes of at least 4 members (excludes halogenated alkanes) is 10. The molecule has 28 heavy (non-hydrogen) atoms. The normalized spacial score (nSPS) is 16.2. The molecule has 0 spiro atoms. The lowest BCUT2D eigenvalue weighted by atomic mass is 10.1. The van der Waals surface area contributed by atoms with Crippen LogP contribution < -0.4 is 0 Å². The molecule has 0 radical (unpaired) electrons. The highest BCUT2D eigenvalue weighted by molar-refractivity contribution is 5.72. The molecule has 0 aromatic rings. The molecular weight excluding hydrogens is 356 g/mol. The standard InChI is InChI=1S/C23H42O5/c1-2-3-4-5-6-7-8-9-10-11-12-18-27-22(24)16-13-17-23(25)28-20-21-15-14-19-26-21/h21H,2-20H2,1H3. The number of hydrogen-bond donors (Lipinski definition) is 0. The smallest absolute Gasteiger partial charge is 0.305 e. The summed E-state index contributed by atoms with van der Waals surface area (Å²) in [5.41, 5.74) is 0. The second-order valence-corrected chi connectivity index (χ2v) is 7.93. The molecule has 5 nitrogen and oxygen atoms in total. The Morgan fingerprint density at radius 2 is 1.36 bits per heavy atom. The molecule has 164 valence electrons. The minimum atomic E-state index is -0.256. The quantitative estimate of drug-likeness (QED) is 0.218. The van der Waals surface area contributed by atoms with Gasteiger partial charge in [-0.05, 0) is 25.7 Å². The van der Waals surface area contributed by atoms with Gasteiger partial charge in [-0.15, -0.1) is 0 Å². The zero-order valence-corrected chi connectivity index (χ0v) is 18.1. The summed E-state index contributed by atoms with van der Waals surface area (Å²) < 4.78 is 15.8. The SMILES string of the molecule is CCCCCCCCCCCCCOC(=O)CCCC(=O)OCC1CCCO1. The molecule has 0 bridgehead atoms. The molecule has 1 saturated heterocycles. The molecule has 1 heterocycles. The molecule has 1 atom stereocenters. The number of rotatable bonds is 18. The summed E-state index contributed by atoms with van der Waals surface area (Å²) in [6.45, 7) is 3.84. The number of ether oxygens (including phenoxy) is 3. The van der Waals surface area contributed by atoms with E-state index >= 15 is 0 Å². The van der Waals surface area contributed by atoms with Gasteiger partial charge in [-0.2, -0.15) is 0 Å². The van der Waals surface area contributed by atoms with Gasteiger partial charge >= 0.3 is 11.9 Å². The summed E-state index contributed by atoms with van der Waals surface area (Å²) in [4.78, 5) is 23.3. The van der Waals surface area contributed by atoms with Gasteiger partial charge in [-0.3, -0.25) is 9.59 Å². The Morgan fingerprint density at radius 3 is 1.93 bits per heavy atom. The van der Waals surface area contributed by atoms with Crippen LogP contribution in [0.5, 0.6) is 0 Å². The van der Waals surface area contributed by atoms with Crippen LogP contribution in [0.15, 0.2) is 0 Å². The Kier molecular flexibility index (Phi) is 16.0. The van der Waals surface area contributed by atoms with Crippen LogP contribution in [0.4, 0.5) is 0 Å². The van der Waals surface area contributed by atoms with E-state index in [1.807, 2.05) is 0 Å². The molecular formula is C23H42O5. The van der Waals surface area contributed by atoms with E-state index in [1.54, 1.807) is 0 Å². The van der Waals surface area contributed by atoms with Crippen LogP contribution in [-0.4, -0.2) is 37.9 Å². The van der Waals surface area contributed by atoms with Crippen molar-refractivity contribution in [3.05, 3.63) is 0 Å². The third-order valence-electron chi connectivity index (χ3n) is 5.23. The summed E-state index contributed by atoms with van der Waals surface area (Å²) in [5, 5.41) is 0. The Hall–Kier alpha value is -1.10. The largest absolute Gasteiger partial charge is 0.466 e. The van der Waals surface area contributed by atoms with Crippen molar-refractivity contribution in [2.24, 2.45) is 0 Å². The average molecular weight is 399 g/mol. The first-order valence-electron chi connectivity index (χ1n) is 11.6. The molecule has 5 heteroatoms. The molecule has 0 saturated carbocycles. The van der Waals surface area contributed by atoms with Crippen LogP contribution in [0.2, 0.25) is 0 Å².